The van der Waals surface area contributed by atoms with Crippen LogP contribution in [0.4, 0.5) is 13.2 Å². The van der Waals surface area contributed by atoms with Crippen molar-refractivity contribution in [3.05, 3.63) is 33.8 Å². The Balaban J connectivity index is 1.39. The van der Waals surface area contributed by atoms with Gasteiger partial charge in [0.05, 0.1) is 6.54 Å². The first-order valence-electron chi connectivity index (χ1n) is 8.53. The Morgan fingerprint density at radius 3 is 2.88 bits per heavy atom. The monoisotopic (exact) mass is 372 g/mol. The van der Waals surface area contributed by atoms with Gasteiger partial charge in [-0.2, -0.15) is 18.3 Å². The second-order valence-electron chi connectivity index (χ2n) is 6.81. The van der Waals surface area contributed by atoms with Crippen LogP contribution in [-0.2, 0) is 19.3 Å². The molecular formula is C15H19F3N6O2. The maximum atomic E-state index is 12.9. The van der Waals surface area contributed by atoms with E-state index in [0.717, 1.165) is 24.0 Å². The number of H-pyrrole nitrogens is 1. The van der Waals surface area contributed by atoms with Crippen LogP contribution < -0.4 is 10.9 Å². The second kappa shape index (κ2) is 6.54. The molecule has 1 fully saturated rings. The number of nitrogens with zero attached hydrogens (tertiary/aromatic N) is 4. The summed E-state index contributed by atoms with van der Waals surface area (Å²) < 4.78 is 45.1. The fraction of sp³-hybridized carbons (Fsp3) is 0.667. The van der Waals surface area contributed by atoms with Gasteiger partial charge in [-0.05, 0) is 19.4 Å². The largest absolute Gasteiger partial charge is 0.451 e. The molecule has 0 amide bonds. The maximum Gasteiger partial charge on any atom is 0.451 e. The minimum Gasteiger partial charge on any atom is -0.383 e. The molecule has 142 valence electrons. The van der Waals surface area contributed by atoms with Gasteiger partial charge >= 0.3 is 6.18 Å². The zero-order valence-corrected chi connectivity index (χ0v) is 13.9. The third-order valence-electron chi connectivity index (χ3n) is 5.00. The summed E-state index contributed by atoms with van der Waals surface area (Å²) in [6.07, 6.45) is -2.80. The predicted molar refractivity (Wildman–Crippen MR) is 83.4 cm³/mol. The highest BCUT2D eigenvalue weighted by Crippen LogP contribution is 2.30. The minimum absolute atomic E-state index is 0.158. The highest BCUT2D eigenvalue weighted by Gasteiger charge is 2.39. The van der Waals surface area contributed by atoms with Gasteiger partial charge in [-0.3, -0.25) is 9.69 Å². The lowest BCUT2D eigenvalue weighted by molar-refractivity contribution is -0.148. The average Bonchev–Trinajstić information content (AvgIpc) is 3.20. The van der Waals surface area contributed by atoms with Gasteiger partial charge in [-0.15, -0.1) is 10.2 Å². The molecule has 0 spiro atoms. The zero-order chi connectivity index (χ0) is 18.3. The number of hydrogen-bond donors (Lipinski definition) is 2. The van der Waals surface area contributed by atoms with E-state index in [2.05, 4.69) is 25.6 Å². The molecule has 26 heavy (non-hydrogen) atoms. The van der Waals surface area contributed by atoms with Crippen LogP contribution in [-0.4, -0.2) is 50.5 Å². The van der Waals surface area contributed by atoms with Crippen molar-refractivity contribution < 1.29 is 17.7 Å². The first-order valence-corrected chi connectivity index (χ1v) is 8.53. The lowest BCUT2D eigenvalue weighted by Gasteiger charge is -2.35. The van der Waals surface area contributed by atoms with Crippen LogP contribution in [0.25, 0.3) is 0 Å². The van der Waals surface area contributed by atoms with Gasteiger partial charge in [0.1, 0.15) is 11.6 Å². The zero-order valence-electron chi connectivity index (χ0n) is 13.9. The molecule has 0 radical (unpaired) electrons. The first-order chi connectivity index (χ1) is 12.4. The molecule has 2 aromatic rings. The van der Waals surface area contributed by atoms with Crippen molar-refractivity contribution in [3.63, 3.8) is 0 Å². The molecule has 2 aromatic heterocycles. The highest BCUT2D eigenvalue weighted by molar-refractivity contribution is 5.06. The topological polar surface area (TPSA) is 92.0 Å². The quantitative estimate of drug-likeness (QED) is 0.833. The van der Waals surface area contributed by atoms with Crippen molar-refractivity contribution in [2.75, 3.05) is 19.6 Å². The summed E-state index contributed by atoms with van der Waals surface area (Å²) in [5, 5.41) is 12.8. The number of hydrogen-bond acceptors (Lipinski definition) is 6. The summed E-state index contributed by atoms with van der Waals surface area (Å²) in [6, 6.07) is 1.65. The van der Waals surface area contributed by atoms with Gasteiger partial charge in [-0.1, -0.05) is 0 Å². The molecule has 2 N–H and O–H groups in total. The van der Waals surface area contributed by atoms with Crippen molar-refractivity contribution in [3.8, 4) is 0 Å². The summed E-state index contributed by atoms with van der Waals surface area (Å²) in [4.78, 5) is 13.3. The van der Waals surface area contributed by atoms with Gasteiger partial charge in [0.2, 0.25) is 5.82 Å². The van der Waals surface area contributed by atoms with E-state index in [9.17, 15) is 18.0 Å². The van der Waals surface area contributed by atoms with E-state index < -0.39 is 12.0 Å². The SMILES string of the molecule is O=c1cc([C@H]2CCN[C@@H](CN3CCn4c(nnc4C(F)(F)F)C3)C2)o[nH]1. The fourth-order valence-corrected chi connectivity index (χ4v) is 3.79. The summed E-state index contributed by atoms with van der Waals surface area (Å²) in [7, 11) is 0. The lowest BCUT2D eigenvalue weighted by Crippen LogP contribution is -2.47. The number of aromatic nitrogens is 4. The number of alkyl halides is 3. The van der Waals surface area contributed by atoms with Crippen LogP contribution in [0.15, 0.2) is 15.4 Å². The summed E-state index contributed by atoms with van der Waals surface area (Å²) >= 11 is 0. The molecule has 2 atom stereocenters. The molecule has 1 saturated heterocycles. The molecule has 0 aliphatic carbocycles. The number of piperidine rings is 1. The van der Waals surface area contributed by atoms with Crippen LogP contribution in [0.2, 0.25) is 0 Å². The molecule has 2 aliphatic rings. The van der Waals surface area contributed by atoms with Gasteiger partial charge in [0.25, 0.3) is 5.56 Å². The minimum atomic E-state index is -4.48. The number of aromatic amines is 1. The molecular weight excluding hydrogens is 353 g/mol. The summed E-state index contributed by atoms with van der Waals surface area (Å²) in [5.74, 6) is 0.234. The number of halogens is 3. The van der Waals surface area contributed by atoms with E-state index in [0.29, 0.717) is 31.2 Å². The smallest absolute Gasteiger partial charge is 0.383 e. The van der Waals surface area contributed by atoms with Gasteiger partial charge in [-0.25, -0.2) is 0 Å². The molecule has 8 nitrogen and oxygen atoms in total. The van der Waals surface area contributed by atoms with Crippen LogP contribution in [0, 0.1) is 0 Å². The molecule has 4 heterocycles. The predicted octanol–water partition coefficient (Wildman–Crippen LogP) is 0.930. The first kappa shape index (κ1) is 17.3. The summed E-state index contributed by atoms with van der Waals surface area (Å²) in [6.45, 7) is 2.56. The van der Waals surface area contributed by atoms with Gasteiger partial charge in [0, 0.05) is 37.7 Å². The van der Waals surface area contributed by atoms with E-state index in [4.69, 9.17) is 4.52 Å². The number of rotatable bonds is 3. The Labute approximate surface area is 146 Å². The molecule has 0 aromatic carbocycles. The normalized spacial score (nSPS) is 24.6. The molecule has 4 rings (SSSR count). The molecule has 2 aliphatic heterocycles. The van der Waals surface area contributed by atoms with Gasteiger partial charge < -0.3 is 14.4 Å². The Kier molecular flexibility index (Phi) is 4.35. The molecule has 11 heteroatoms. The van der Waals surface area contributed by atoms with E-state index in [1.807, 2.05) is 0 Å². The standard InChI is InChI=1S/C15H19F3N6O2/c16-15(17,18)14-21-20-12-8-23(3-4-24(12)14)7-10-5-9(1-2-19-10)11-6-13(25)22-26-11/h6,9-10,19H,1-5,7-8H2,(H,22,25)/t9-,10+/m0/s1. The Morgan fingerprint density at radius 2 is 2.15 bits per heavy atom. The van der Waals surface area contributed by atoms with Crippen LogP contribution >= 0.6 is 0 Å². The fourth-order valence-electron chi connectivity index (χ4n) is 3.79. The Hall–Kier alpha value is -2.14. The van der Waals surface area contributed by atoms with Crippen LogP contribution in [0.5, 0.6) is 0 Å². The van der Waals surface area contributed by atoms with E-state index in [-0.39, 0.29) is 24.1 Å². The maximum absolute atomic E-state index is 12.9. The molecule has 0 unspecified atom stereocenters. The lowest BCUT2D eigenvalue weighted by atomic mass is 9.90. The number of nitrogens with one attached hydrogen (secondary N) is 2. The highest BCUT2D eigenvalue weighted by atomic mass is 19.4. The van der Waals surface area contributed by atoms with Crippen LogP contribution in [0.3, 0.4) is 0 Å². The van der Waals surface area contributed by atoms with E-state index in [1.54, 1.807) is 0 Å². The number of fused-ring (bicyclic) bond motifs is 1. The van der Waals surface area contributed by atoms with Crippen molar-refractivity contribution in [2.24, 2.45) is 0 Å². The van der Waals surface area contributed by atoms with Crippen LogP contribution in [0.1, 0.15) is 36.2 Å². The van der Waals surface area contributed by atoms with Crippen molar-refractivity contribution >= 4 is 0 Å². The Morgan fingerprint density at radius 1 is 1.31 bits per heavy atom. The average molecular weight is 372 g/mol. The van der Waals surface area contributed by atoms with Crippen molar-refractivity contribution in [2.45, 2.75) is 44.1 Å². The third-order valence-corrected chi connectivity index (χ3v) is 5.00. The second-order valence-corrected chi connectivity index (χ2v) is 6.81. The third kappa shape index (κ3) is 3.40. The van der Waals surface area contributed by atoms with E-state index >= 15 is 0 Å². The molecule has 0 bridgehead atoms. The molecule has 0 saturated carbocycles. The van der Waals surface area contributed by atoms with Gasteiger partial charge in [0.15, 0.2) is 0 Å². The van der Waals surface area contributed by atoms with E-state index in [1.165, 1.54) is 6.07 Å². The summed E-state index contributed by atoms with van der Waals surface area (Å²) in [5.41, 5.74) is -0.245. The van der Waals surface area contributed by atoms with Crippen molar-refractivity contribution in [1.82, 2.24) is 30.1 Å². The Bertz CT molecular complexity index is 826. The van der Waals surface area contributed by atoms with Crippen molar-refractivity contribution in [1.29, 1.82) is 0 Å².